The monoisotopic (exact) mass is 360 g/mol. The number of nitrogens with zero attached hydrogens (tertiary/aromatic N) is 1. The molecule has 0 atom stereocenters. The van der Waals surface area contributed by atoms with Crippen molar-refractivity contribution in [1.29, 1.82) is 0 Å². The molecule has 0 aromatic heterocycles. The fraction of sp³-hybridized carbons (Fsp3) is 0. The Bertz CT molecular complexity index is 1160. The molecule has 0 saturated heterocycles. The number of fused-ring (bicyclic) bond motifs is 2. The summed E-state index contributed by atoms with van der Waals surface area (Å²) in [6.45, 7) is 0. The van der Waals surface area contributed by atoms with Crippen molar-refractivity contribution in [2.75, 3.05) is 10.6 Å². The van der Waals surface area contributed by atoms with Gasteiger partial charge in [-0.2, -0.15) is 0 Å². The maximum atomic E-state index is 6.58. The van der Waals surface area contributed by atoms with E-state index in [9.17, 15) is 0 Å². The van der Waals surface area contributed by atoms with Crippen molar-refractivity contribution in [3.8, 4) is 0 Å². The molecule has 5 aromatic carbocycles. The van der Waals surface area contributed by atoms with Crippen LogP contribution in [-0.4, -0.2) is 0 Å². The molecule has 0 spiro atoms. The SMILES string of the molecule is Nc1c2ccccc2c(N(c2ccccc2)c2ccccc2)c2ccccc12. The summed E-state index contributed by atoms with van der Waals surface area (Å²) in [5, 5.41) is 4.44. The van der Waals surface area contributed by atoms with Crippen molar-refractivity contribution < 1.29 is 0 Å². The third-order valence-corrected chi connectivity index (χ3v) is 5.20. The number of para-hydroxylation sites is 2. The average molecular weight is 360 g/mol. The Morgan fingerprint density at radius 3 is 1.21 bits per heavy atom. The number of rotatable bonds is 3. The van der Waals surface area contributed by atoms with Crippen molar-refractivity contribution in [2.24, 2.45) is 0 Å². The van der Waals surface area contributed by atoms with E-state index >= 15 is 0 Å². The van der Waals surface area contributed by atoms with Gasteiger partial charge in [0, 0.05) is 38.6 Å². The highest BCUT2D eigenvalue weighted by atomic mass is 15.1. The van der Waals surface area contributed by atoms with Crippen LogP contribution in [0.5, 0.6) is 0 Å². The smallest absolute Gasteiger partial charge is 0.0619 e. The maximum Gasteiger partial charge on any atom is 0.0619 e. The molecule has 0 heterocycles. The predicted octanol–water partition coefficient (Wildman–Crippen LogP) is 7.05. The van der Waals surface area contributed by atoms with Crippen molar-refractivity contribution >= 4 is 44.3 Å². The lowest BCUT2D eigenvalue weighted by Gasteiger charge is -2.29. The second-order valence-corrected chi connectivity index (χ2v) is 6.86. The summed E-state index contributed by atoms with van der Waals surface area (Å²) in [7, 11) is 0. The van der Waals surface area contributed by atoms with Crippen LogP contribution < -0.4 is 10.6 Å². The fourth-order valence-corrected chi connectivity index (χ4v) is 3.94. The second kappa shape index (κ2) is 6.75. The molecule has 0 bridgehead atoms. The van der Waals surface area contributed by atoms with Gasteiger partial charge >= 0.3 is 0 Å². The molecule has 2 heteroatoms. The number of hydrogen-bond donors (Lipinski definition) is 1. The van der Waals surface area contributed by atoms with Gasteiger partial charge in [0.25, 0.3) is 0 Å². The Balaban J connectivity index is 1.95. The van der Waals surface area contributed by atoms with Gasteiger partial charge in [0.1, 0.15) is 0 Å². The highest BCUT2D eigenvalue weighted by Gasteiger charge is 2.19. The standard InChI is InChI=1S/C26H20N2/c27-25-21-15-7-9-17-23(21)26(24-18-10-8-16-22(24)25)28(19-11-3-1-4-12-19)20-13-5-2-6-14-20/h1-18H,27H2. The Morgan fingerprint density at radius 1 is 0.429 bits per heavy atom. The van der Waals surface area contributed by atoms with Gasteiger partial charge in [0.15, 0.2) is 0 Å². The van der Waals surface area contributed by atoms with E-state index in [0.29, 0.717) is 0 Å². The molecule has 0 aliphatic carbocycles. The molecule has 0 aliphatic rings. The minimum absolute atomic E-state index is 0.830. The minimum Gasteiger partial charge on any atom is -0.398 e. The Kier molecular flexibility index (Phi) is 3.95. The molecule has 5 aromatic rings. The summed E-state index contributed by atoms with van der Waals surface area (Å²) in [5.41, 5.74) is 10.8. The van der Waals surface area contributed by atoms with Gasteiger partial charge in [-0.15, -0.1) is 0 Å². The van der Waals surface area contributed by atoms with Crippen molar-refractivity contribution in [2.45, 2.75) is 0 Å². The van der Waals surface area contributed by atoms with Crippen LogP contribution >= 0.6 is 0 Å². The highest BCUT2D eigenvalue weighted by molar-refractivity contribution is 6.20. The van der Waals surface area contributed by atoms with Crippen LogP contribution in [0.25, 0.3) is 21.5 Å². The molecule has 0 radical (unpaired) electrons. The molecule has 0 amide bonds. The van der Waals surface area contributed by atoms with Gasteiger partial charge < -0.3 is 10.6 Å². The zero-order valence-corrected chi connectivity index (χ0v) is 15.4. The van der Waals surface area contributed by atoms with Crippen LogP contribution in [-0.2, 0) is 0 Å². The molecule has 2 nitrogen and oxygen atoms in total. The quantitative estimate of drug-likeness (QED) is 0.212. The van der Waals surface area contributed by atoms with Gasteiger partial charge in [-0.1, -0.05) is 84.9 Å². The van der Waals surface area contributed by atoms with E-state index in [2.05, 4.69) is 89.8 Å². The molecule has 0 fully saturated rings. The predicted molar refractivity (Wildman–Crippen MR) is 121 cm³/mol. The Labute approximate surface area is 164 Å². The second-order valence-electron chi connectivity index (χ2n) is 6.86. The first-order chi connectivity index (χ1) is 13.8. The van der Waals surface area contributed by atoms with Gasteiger partial charge in [-0.25, -0.2) is 0 Å². The Morgan fingerprint density at radius 2 is 0.786 bits per heavy atom. The summed E-state index contributed by atoms with van der Waals surface area (Å²) >= 11 is 0. The minimum atomic E-state index is 0.830. The molecular weight excluding hydrogens is 340 g/mol. The normalized spacial score (nSPS) is 11.0. The number of hydrogen-bond acceptors (Lipinski definition) is 2. The summed E-state index contributed by atoms with van der Waals surface area (Å²) < 4.78 is 0. The third-order valence-electron chi connectivity index (χ3n) is 5.20. The van der Waals surface area contributed by atoms with Gasteiger partial charge in [0.2, 0.25) is 0 Å². The van der Waals surface area contributed by atoms with Crippen LogP contribution in [0, 0.1) is 0 Å². The van der Waals surface area contributed by atoms with Crippen LogP contribution in [0.4, 0.5) is 22.7 Å². The zero-order chi connectivity index (χ0) is 18.9. The van der Waals surface area contributed by atoms with Crippen LogP contribution in [0.3, 0.4) is 0 Å². The Hall–Kier alpha value is -3.78. The summed E-state index contributed by atoms with van der Waals surface area (Å²) in [4.78, 5) is 2.32. The van der Waals surface area contributed by atoms with E-state index in [1.165, 1.54) is 0 Å². The lowest BCUT2D eigenvalue weighted by Crippen LogP contribution is -2.11. The lowest BCUT2D eigenvalue weighted by atomic mass is 9.97. The summed E-state index contributed by atoms with van der Waals surface area (Å²) in [6.07, 6.45) is 0. The molecule has 0 saturated carbocycles. The molecule has 2 N–H and O–H groups in total. The van der Waals surface area contributed by atoms with Crippen molar-refractivity contribution in [3.05, 3.63) is 109 Å². The van der Waals surface area contributed by atoms with E-state index in [4.69, 9.17) is 5.73 Å². The van der Waals surface area contributed by atoms with Gasteiger partial charge in [0.05, 0.1) is 5.69 Å². The molecule has 28 heavy (non-hydrogen) atoms. The number of nitrogen functional groups attached to an aromatic ring is 1. The first-order valence-electron chi connectivity index (χ1n) is 9.44. The number of nitrogens with two attached hydrogens (primary N) is 1. The van der Waals surface area contributed by atoms with E-state index in [1.54, 1.807) is 0 Å². The summed E-state index contributed by atoms with van der Waals surface area (Å²) in [5.74, 6) is 0. The first-order valence-corrected chi connectivity index (χ1v) is 9.44. The number of anilines is 4. The average Bonchev–Trinajstić information content (AvgIpc) is 2.78. The fourth-order valence-electron chi connectivity index (χ4n) is 3.94. The molecule has 0 unspecified atom stereocenters. The van der Waals surface area contributed by atoms with Gasteiger partial charge in [-0.3, -0.25) is 0 Å². The molecule has 0 aliphatic heterocycles. The topological polar surface area (TPSA) is 29.3 Å². The lowest BCUT2D eigenvalue weighted by molar-refractivity contribution is 1.31. The highest BCUT2D eigenvalue weighted by Crippen LogP contribution is 2.45. The van der Waals surface area contributed by atoms with E-state index in [-0.39, 0.29) is 0 Å². The summed E-state index contributed by atoms with van der Waals surface area (Å²) in [6, 6.07) is 37.8. The van der Waals surface area contributed by atoms with Crippen molar-refractivity contribution in [1.82, 2.24) is 0 Å². The van der Waals surface area contributed by atoms with Crippen LogP contribution in [0.15, 0.2) is 109 Å². The molecule has 5 rings (SSSR count). The third kappa shape index (κ3) is 2.58. The van der Waals surface area contributed by atoms with Crippen molar-refractivity contribution in [3.63, 3.8) is 0 Å². The van der Waals surface area contributed by atoms with E-state index < -0.39 is 0 Å². The maximum absolute atomic E-state index is 6.58. The van der Waals surface area contributed by atoms with E-state index in [1.807, 2.05) is 24.3 Å². The zero-order valence-electron chi connectivity index (χ0n) is 15.4. The largest absolute Gasteiger partial charge is 0.398 e. The first kappa shape index (κ1) is 16.4. The molecule has 134 valence electrons. The van der Waals surface area contributed by atoms with Gasteiger partial charge in [-0.05, 0) is 24.3 Å². The van der Waals surface area contributed by atoms with Crippen LogP contribution in [0.2, 0.25) is 0 Å². The van der Waals surface area contributed by atoms with Crippen LogP contribution in [0.1, 0.15) is 0 Å². The number of benzene rings is 5. The van der Waals surface area contributed by atoms with E-state index in [0.717, 1.165) is 44.3 Å². The molecular formula is C26H20N2.